The van der Waals surface area contributed by atoms with Gasteiger partial charge in [-0.2, -0.15) is 10.4 Å². The number of hydrogen-bond acceptors (Lipinski definition) is 7. The fourth-order valence-corrected chi connectivity index (χ4v) is 4.00. The zero-order valence-electron chi connectivity index (χ0n) is 16.4. The van der Waals surface area contributed by atoms with Gasteiger partial charge in [-0.3, -0.25) is 4.79 Å². The minimum absolute atomic E-state index is 0.0329. The first-order valence-electron chi connectivity index (χ1n) is 9.78. The number of nitrogens with one attached hydrogen (secondary N) is 1. The molecule has 4 aromatic rings. The number of ether oxygens (including phenoxy) is 2. The van der Waals surface area contributed by atoms with Gasteiger partial charge in [-0.25, -0.2) is 14.1 Å². The highest BCUT2D eigenvalue weighted by atomic mass is 35.5. The maximum atomic E-state index is 14.7. The third-order valence-corrected chi connectivity index (χ3v) is 5.72. The minimum atomic E-state index is -0.812. The van der Waals surface area contributed by atoms with Gasteiger partial charge in [0.25, 0.3) is 5.56 Å². The summed E-state index contributed by atoms with van der Waals surface area (Å²) in [6, 6.07) is 4.33. The van der Waals surface area contributed by atoms with Crippen LogP contribution < -0.4 is 10.3 Å². The number of aromatic hydroxyl groups is 1. The Morgan fingerprint density at radius 3 is 3.00 bits per heavy atom. The second kappa shape index (κ2) is 7.78. The van der Waals surface area contributed by atoms with Gasteiger partial charge in [0.05, 0.1) is 17.1 Å². The van der Waals surface area contributed by atoms with Crippen molar-refractivity contribution in [2.24, 2.45) is 0 Å². The number of H-pyrrole nitrogens is 1. The summed E-state index contributed by atoms with van der Waals surface area (Å²) < 4.78 is 27.9. The molecule has 0 amide bonds. The van der Waals surface area contributed by atoms with Crippen LogP contribution in [0.1, 0.15) is 31.1 Å². The van der Waals surface area contributed by atoms with Gasteiger partial charge in [-0.05, 0) is 25.3 Å². The highest BCUT2D eigenvalue weighted by Crippen LogP contribution is 2.41. The van der Waals surface area contributed by atoms with Crippen LogP contribution in [0.2, 0.25) is 5.02 Å². The summed E-state index contributed by atoms with van der Waals surface area (Å²) in [5, 5.41) is 24.0. The Balaban J connectivity index is 1.67. The normalized spacial score (nSPS) is 16.3. The fraction of sp³-hybridized carbons (Fsp3) is 0.238. The van der Waals surface area contributed by atoms with E-state index in [1.54, 1.807) is 10.8 Å². The van der Waals surface area contributed by atoms with Gasteiger partial charge < -0.3 is 19.6 Å². The van der Waals surface area contributed by atoms with E-state index in [1.165, 1.54) is 24.5 Å². The summed E-state index contributed by atoms with van der Waals surface area (Å²) in [6.07, 6.45) is 5.14. The van der Waals surface area contributed by atoms with Crippen LogP contribution in [0.3, 0.4) is 0 Å². The number of hydrogen-bond donors (Lipinski definition) is 2. The molecule has 0 bridgehead atoms. The van der Waals surface area contributed by atoms with E-state index in [9.17, 15) is 14.3 Å². The molecule has 1 unspecified atom stereocenters. The van der Waals surface area contributed by atoms with Crippen molar-refractivity contribution in [3.8, 4) is 23.4 Å². The molecule has 0 radical (unpaired) electrons. The largest absolute Gasteiger partial charge is 0.506 e. The Morgan fingerprint density at radius 2 is 2.25 bits per heavy atom. The SMILES string of the molecule is N#Cc1c(O)c2ccnc(Oc3c(Cl)c(F)cc4c3cnn4C3CCCCO3)c2[nH]c1=O. The van der Waals surface area contributed by atoms with Gasteiger partial charge in [-0.1, -0.05) is 11.6 Å². The molecule has 1 fully saturated rings. The molecule has 0 saturated carbocycles. The summed E-state index contributed by atoms with van der Waals surface area (Å²) >= 11 is 6.22. The Kier molecular flexibility index (Phi) is 4.92. The lowest BCUT2D eigenvalue weighted by atomic mass is 10.1. The average molecular weight is 456 g/mol. The van der Waals surface area contributed by atoms with Crippen LogP contribution >= 0.6 is 11.6 Å². The van der Waals surface area contributed by atoms with Crippen molar-refractivity contribution in [3.63, 3.8) is 0 Å². The van der Waals surface area contributed by atoms with Crippen molar-refractivity contribution in [1.29, 1.82) is 5.26 Å². The Morgan fingerprint density at radius 1 is 1.41 bits per heavy atom. The number of benzene rings is 1. The lowest BCUT2D eigenvalue weighted by Gasteiger charge is -2.23. The van der Waals surface area contributed by atoms with Crippen molar-refractivity contribution >= 4 is 33.4 Å². The standard InChI is InChI=1S/C21H15ClFN5O4/c22-16-13(23)7-14-12(9-26-28(14)15-3-1-2-6-31-15)19(16)32-21-17-10(4-5-25-21)18(29)11(8-24)20(30)27-17/h4-5,7,9,15H,1-3,6H2,(H2,27,29,30). The number of fused-ring (bicyclic) bond motifs is 2. The summed E-state index contributed by atoms with van der Waals surface area (Å²) in [4.78, 5) is 18.7. The zero-order valence-corrected chi connectivity index (χ0v) is 17.2. The summed E-state index contributed by atoms with van der Waals surface area (Å²) in [5.41, 5.74) is -0.787. The van der Waals surface area contributed by atoms with E-state index >= 15 is 0 Å². The number of halogens is 2. The zero-order chi connectivity index (χ0) is 22.4. The van der Waals surface area contributed by atoms with Crippen molar-refractivity contribution in [3.05, 3.63) is 51.3 Å². The molecule has 11 heteroatoms. The van der Waals surface area contributed by atoms with Crippen LogP contribution in [0.25, 0.3) is 21.8 Å². The van der Waals surface area contributed by atoms with Gasteiger partial charge in [0.1, 0.15) is 28.2 Å². The van der Waals surface area contributed by atoms with Crippen molar-refractivity contribution in [2.45, 2.75) is 25.5 Å². The first-order chi connectivity index (χ1) is 15.5. The first-order valence-corrected chi connectivity index (χ1v) is 10.2. The van der Waals surface area contributed by atoms with Crippen LogP contribution in [0, 0.1) is 17.1 Å². The van der Waals surface area contributed by atoms with Crippen LogP contribution in [0.15, 0.2) is 29.3 Å². The molecule has 1 aromatic carbocycles. The molecule has 2 N–H and O–H groups in total. The number of nitrogens with zero attached hydrogens (tertiary/aromatic N) is 4. The van der Waals surface area contributed by atoms with Crippen molar-refractivity contribution < 1.29 is 19.0 Å². The Bertz CT molecular complexity index is 1470. The molecule has 32 heavy (non-hydrogen) atoms. The topological polar surface area (TPSA) is 126 Å². The summed E-state index contributed by atoms with van der Waals surface area (Å²) in [5.74, 6) is -1.41. The quantitative estimate of drug-likeness (QED) is 0.475. The molecule has 9 nitrogen and oxygen atoms in total. The monoisotopic (exact) mass is 455 g/mol. The highest BCUT2D eigenvalue weighted by Gasteiger charge is 2.24. The molecular formula is C21H15ClFN5O4. The molecule has 162 valence electrons. The van der Waals surface area contributed by atoms with Crippen molar-refractivity contribution in [2.75, 3.05) is 6.61 Å². The van der Waals surface area contributed by atoms with E-state index in [2.05, 4.69) is 15.1 Å². The molecule has 1 aliphatic heterocycles. The van der Waals surface area contributed by atoms with E-state index < -0.39 is 22.7 Å². The van der Waals surface area contributed by atoms with E-state index in [0.29, 0.717) is 17.5 Å². The molecular weight excluding hydrogens is 441 g/mol. The third-order valence-electron chi connectivity index (χ3n) is 5.36. The average Bonchev–Trinajstić information content (AvgIpc) is 3.21. The third kappa shape index (κ3) is 3.14. The van der Waals surface area contributed by atoms with Gasteiger partial charge in [0.2, 0.25) is 5.88 Å². The first kappa shape index (κ1) is 20.2. The number of aromatic nitrogens is 4. The predicted molar refractivity (Wildman–Crippen MR) is 112 cm³/mol. The second-order valence-corrected chi connectivity index (χ2v) is 7.65. The summed E-state index contributed by atoms with van der Waals surface area (Å²) in [7, 11) is 0. The second-order valence-electron chi connectivity index (χ2n) is 7.27. The smallest absolute Gasteiger partial charge is 0.270 e. The number of nitriles is 1. The van der Waals surface area contributed by atoms with Crippen LogP contribution in [-0.2, 0) is 4.74 Å². The van der Waals surface area contributed by atoms with E-state index in [1.807, 2.05) is 0 Å². The Hall–Kier alpha value is -3.68. The van der Waals surface area contributed by atoms with Gasteiger partial charge in [0, 0.05) is 24.3 Å². The van der Waals surface area contributed by atoms with Crippen molar-refractivity contribution in [1.82, 2.24) is 19.7 Å². The summed E-state index contributed by atoms with van der Waals surface area (Å²) in [6.45, 7) is 0.590. The van der Waals surface area contributed by atoms with E-state index in [0.717, 1.165) is 19.3 Å². The molecule has 1 atom stereocenters. The number of aromatic amines is 1. The fourth-order valence-electron chi connectivity index (χ4n) is 3.80. The lowest BCUT2D eigenvalue weighted by Crippen LogP contribution is -2.19. The molecule has 0 aliphatic carbocycles. The Labute approximate surface area is 184 Å². The molecule has 3 aromatic heterocycles. The molecule has 0 spiro atoms. The predicted octanol–water partition coefficient (Wildman–Crippen LogP) is 4.13. The number of pyridine rings is 2. The molecule has 1 aliphatic rings. The highest BCUT2D eigenvalue weighted by molar-refractivity contribution is 6.33. The van der Waals surface area contributed by atoms with Crippen LogP contribution in [0.4, 0.5) is 4.39 Å². The molecule has 4 heterocycles. The lowest BCUT2D eigenvalue weighted by molar-refractivity contribution is -0.0366. The maximum Gasteiger partial charge on any atom is 0.270 e. The number of rotatable bonds is 3. The molecule has 1 saturated heterocycles. The van der Waals surface area contributed by atoms with Crippen LogP contribution in [0.5, 0.6) is 17.4 Å². The van der Waals surface area contributed by atoms with Gasteiger partial charge in [-0.15, -0.1) is 0 Å². The van der Waals surface area contributed by atoms with E-state index in [-0.39, 0.29) is 33.8 Å². The minimum Gasteiger partial charge on any atom is -0.506 e. The van der Waals surface area contributed by atoms with Crippen LogP contribution in [-0.4, -0.2) is 31.5 Å². The maximum absolute atomic E-state index is 14.7. The molecule has 5 rings (SSSR count). The van der Waals surface area contributed by atoms with E-state index in [4.69, 9.17) is 26.3 Å². The van der Waals surface area contributed by atoms with Gasteiger partial charge in [0.15, 0.2) is 17.5 Å². The van der Waals surface area contributed by atoms with Gasteiger partial charge >= 0.3 is 0 Å².